The van der Waals surface area contributed by atoms with Gasteiger partial charge in [-0.25, -0.2) is 9.97 Å². The van der Waals surface area contributed by atoms with Gasteiger partial charge in [-0.2, -0.15) is 0 Å². The lowest BCUT2D eigenvalue weighted by Crippen LogP contribution is -2.14. The lowest BCUT2D eigenvalue weighted by molar-refractivity contribution is 0.102. The molecule has 0 saturated carbocycles. The first-order valence-corrected chi connectivity index (χ1v) is 8.06. The maximum absolute atomic E-state index is 12.4. The summed E-state index contributed by atoms with van der Waals surface area (Å²) in [7, 11) is 0. The van der Waals surface area contributed by atoms with E-state index in [1.807, 2.05) is 57.2 Å². The van der Waals surface area contributed by atoms with Crippen LogP contribution in [0.2, 0.25) is 0 Å². The third-order valence-corrected chi connectivity index (χ3v) is 3.68. The molecule has 5 heteroatoms. The minimum Gasteiger partial charge on any atom is -0.324 e. The van der Waals surface area contributed by atoms with Gasteiger partial charge in [0, 0.05) is 17.6 Å². The van der Waals surface area contributed by atoms with Crippen LogP contribution in [0.15, 0.2) is 54.7 Å². The van der Waals surface area contributed by atoms with Crippen LogP contribution < -0.4 is 10.6 Å². The topological polar surface area (TPSA) is 66.9 Å². The maximum atomic E-state index is 12.4. The summed E-state index contributed by atoms with van der Waals surface area (Å²) in [4.78, 5) is 20.9. The molecule has 5 nitrogen and oxygen atoms in total. The van der Waals surface area contributed by atoms with Gasteiger partial charge in [0.2, 0.25) is 5.95 Å². The summed E-state index contributed by atoms with van der Waals surface area (Å²) in [5, 5.41) is 5.99. The molecule has 1 aromatic heterocycles. The van der Waals surface area contributed by atoms with Crippen molar-refractivity contribution < 1.29 is 4.79 Å². The molecule has 126 valence electrons. The van der Waals surface area contributed by atoms with E-state index in [4.69, 9.17) is 0 Å². The van der Waals surface area contributed by atoms with E-state index < -0.39 is 0 Å². The molecule has 0 saturated heterocycles. The van der Waals surface area contributed by atoms with Crippen LogP contribution in [-0.4, -0.2) is 15.9 Å². The summed E-state index contributed by atoms with van der Waals surface area (Å²) in [6.07, 6.45) is 1.57. The first kappa shape index (κ1) is 16.6. The largest absolute Gasteiger partial charge is 0.324 e. The minimum absolute atomic E-state index is 0.269. The van der Waals surface area contributed by atoms with Gasteiger partial charge in [-0.3, -0.25) is 4.79 Å². The Bertz CT molecular complexity index is 884. The predicted octanol–water partition coefficient (Wildman–Crippen LogP) is 4.40. The summed E-state index contributed by atoms with van der Waals surface area (Å²) < 4.78 is 0. The number of carbonyl (C=O) groups is 1. The highest BCUT2D eigenvalue weighted by atomic mass is 16.1. The second-order valence-corrected chi connectivity index (χ2v) is 6.09. The van der Waals surface area contributed by atoms with Gasteiger partial charge in [-0.1, -0.05) is 23.8 Å². The zero-order valence-electron chi connectivity index (χ0n) is 14.5. The molecule has 1 amide bonds. The number of benzene rings is 2. The molecule has 1 heterocycles. The smallest absolute Gasteiger partial charge is 0.274 e. The summed E-state index contributed by atoms with van der Waals surface area (Å²) in [5.41, 5.74) is 5.38. The van der Waals surface area contributed by atoms with Crippen molar-refractivity contribution in [3.05, 3.63) is 77.1 Å². The molecule has 0 fully saturated rings. The van der Waals surface area contributed by atoms with Crippen molar-refractivity contribution in [2.24, 2.45) is 0 Å². The Kier molecular flexibility index (Phi) is 4.75. The number of aromatic nitrogens is 2. The first-order valence-electron chi connectivity index (χ1n) is 8.06. The number of amides is 1. The lowest BCUT2D eigenvalue weighted by atomic mass is 10.1. The molecule has 0 atom stereocenters. The molecule has 0 spiro atoms. The molecule has 3 aromatic rings. The number of hydrogen-bond donors (Lipinski definition) is 2. The third kappa shape index (κ3) is 4.41. The average Bonchev–Trinajstić information content (AvgIpc) is 2.56. The number of hydrogen-bond acceptors (Lipinski definition) is 4. The first-order chi connectivity index (χ1) is 12.0. The second-order valence-electron chi connectivity index (χ2n) is 6.09. The van der Waals surface area contributed by atoms with Gasteiger partial charge in [0.25, 0.3) is 5.91 Å². The molecular weight excluding hydrogens is 312 g/mol. The molecule has 0 aliphatic heterocycles. The Morgan fingerprint density at radius 1 is 0.840 bits per heavy atom. The van der Waals surface area contributed by atoms with Crippen LogP contribution in [0.1, 0.15) is 27.2 Å². The normalized spacial score (nSPS) is 10.4. The number of anilines is 3. The number of carbonyl (C=O) groups excluding carboxylic acids is 1. The van der Waals surface area contributed by atoms with Crippen molar-refractivity contribution in [3.8, 4) is 0 Å². The van der Waals surface area contributed by atoms with Crippen LogP contribution in [0.5, 0.6) is 0 Å². The Labute approximate surface area is 147 Å². The van der Waals surface area contributed by atoms with E-state index in [9.17, 15) is 4.79 Å². The van der Waals surface area contributed by atoms with Crippen LogP contribution in [0.4, 0.5) is 17.3 Å². The lowest BCUT2D eigenvalue weighted by Gasteiger charge is -2.09. The van der Waals surface area contributed by atoms with Crippen molar-refractivity contribution in [3.63, 3.8) is 0 Å². The van der Waals surface area contributed by atoms with Crippen molar-refractivity contribution in [1.82, 2.24) is 9.97 Å². The SMILES string of the molecule is Cc1ccc(NC(=O)c2ccnc(Nc3cc(C)cc(C)c3)n2)cc1. The van der Waals surface area contributed by atoms with E-state index in [0.29, 0.717) is 11.6 Å². The number of rotatable bonds is 4. The zero-order chi connectivity index (χ0) is 17.8. The molecule has 0 radical (unpaired) electrons. The van der Waals surface area contributed by atoms with E-state index in [1.54, 1.807) is 12.3 Å². The van der Waals surface area contributed by atoms with Crippen LogP contribution >= 0.6 is 0 Å². The van der Waals surface area contributed by atoms with Gasteiger partial charge >= 0.3 is 0 Å². The van der Waals surface area contributed by atoms with E-state index in [2.05, 4.69) is 26.7 Å². The minimum atomic E-state index is -0.269. The molecule has 2 aromatic carbocycles. The molecule has 0 aliphatic carbocycles. The Morgan fingerprint density at radius 2 is 1.52 bits per heavy atom. The van der Waals surface area contributed by atoms with E-state index in [0.717, 1.165) is 28.1 Å². The maximum Gasteiger partial charge on any atom is 0.274 e. The molecule has 3 rings (SSSR count). The molecule has 25 heavy (non-hydrogen) atoms. The quantitative estimate of drug-likeness (QED) is 0.743. The van der Waals surface area contributed by atoms with Crippen LogP contribution in [0.25, 0.3) is 0 Å². The monoisotopic (exact) mass is 332 g/mol. The van der Waals surface area contributed by atoms with Gasteiger partial charge in [0.1, 0.15) is 5.69 Å². The molecule has 0 aliphatic rings. The summed E-state index contributed by atoms with van der Waals surface area (Å²) in [5.74, 6) is 0.122. The second kappa shape index (κ2) is 7.13. The van der Waals surface area contributed by atoms with Crippen LogP contribution in [0.3, 0.4) is 0 Å². The van der Waals surface area contributed by atoms with Crippen molar-refractivity contribution in [2.75, 3.05) is 10.6 Å². The van der Waals surface area contributed by atoms with Crippen LogP contribution in [-0.2, 0) is 0 Å². The molecule has 0 unspecified atom stereocenters. The van der Waals surface area contributed by atoms with Crippen molar-refractivity contribution >= 4 is 23.2 Å². The predicted molar refractivity (Wildman–Crippen MR) is 100 cm³/mol. The highest BCUT2D eigenvalue weighted by Crippen LogP contribution is 2.17. The summed E-state index contributed by atoms with van der Waals surface area (Å²) in [6, 6.07) is 15.3. The summed E-state index contributed by atoms with van der Waals surface area (Å²) >= 11 is 0. The van der Waals surface area contributed by atoms with E-state index in [-0.39, 0.29) is 5.91 Å². The van der Waals surface area contributed by atoms with Gasteiger partial charge in [0.05, 0.1) is 0 Å². The van der Waals surface area contributed by atoms with Gasteiger partial charge < -0.3 is 10.6 Å². The zero-order valence-corrected chi connectivity index (χ0v) is 14.5. The fraction of sp³-hybridized carbons (Fsp3) is 0.150. The number of nitrogens with one attached hydrogen (secondary N) is 2. The van der Waals surface area contributed by atoms with E-state index >= 15 is 0 Å². The van der Waals surface area contributed by atoms with Gasteiger partial charge in [0.15, 0.2) is 0 Å². The van der Waals surface area contributed by atoms with E-state index in [1.165, 1.54) is 0 Å². The molecule has 0 bridgehead atoms. The highest BCUT2D eigenvalue weighted by molar-refractivity contribution is 6.03. The molecule has 2 N–H and O–H groups in total. The highest BCUT2D eigenvalue weighted by Gasteiger charge is 2.09. The fourth-order valence-corrected chi connectivity index (χ4v) is 2.55. The van der Waals surface area contributed by atoms with Gasteiger partial charge in [-0.05, 0) is 62.2 Å². The Morgan fingerprint density at radius 3 is 2.20 bits per heavy atom. The Balaban J connectivity index is 1.76. The standard InChI is InChI=1S/C20H20N4O/c1-13-4-6-16(7-5-13)22-19(25)18-8-9-21-20(24-18)23-17-11-14(2)10-15(3)12-17/h4-12H,1-3H3,(H,22,25)(H,21,23,24). The van der Waals surface area contributed by atoms with Crippen molar-refractivity contribution in [1.29, 1.82) is 0 Å². The fourth-order valence-electron chi connectivity index (χ4n) is 2.55. The average molecular weight is 332 g/mol. The molecular formula is C20H20N4O. The summed E-state index contributed by atoms with van der Waals surface area (Å²) in [6.45, 7) is 6.07. The Hall–Kier alpha value is -3.21. The number of aryl methyl sites for hydroxylation is 3. The third-order valence-electron chi connectivity index (χ3n) is 3.68. The number of nitrogens with zero attached hydrogens (tertiary/aromatic N) is 2. The van der Waals surface area contributed by atoms with Gasteiger partial charge in [-0.15, -0.1) is 0 Å². The van der Waals surface area contributed by atoms with Crippen molar-refractivity contribution in [2.45, 2.75) is 20.8 Å². The van der Waals surface area contributed by atoms with Crippen LogP contribution in [0, 0.1) is 20.8 Å².